The summed E-state index contributed by atoms with van der Waals surface area (Å²) in [5, 5.41) is 8.78. The molecule has 1 rings (SSSR count). The highest BCUT2D eigenvalue weighted by Gasteiger charge is 2.49. The molecular formula is C11H14O7. The summed E-state index contributed by atoms with van der Waals surface area (Å²) in [4.78, 5) is 44.8. The van der Waals surface area contributed by atoms with E-state index in [1.54, 1.807) is 0 Å². The molecule has 0 aliphatic heterocycles. The molecule has 100 valence electrons. The van der Waals surface area contributed by atoms with Crippen LogP contribution in [0.3, 0.4) is 0 Å². The maximum absolute atomic E-state index is 11.7. The fourth-order valence-electron chi connectivity index (χ4n) is 2.16. The highest BCUT2D eigenvalue weighted by molar-refractivity contribution is 6.02. The number of ketones is 1. The number of carbonyl (C=O) groups excluding carboxylic acids is 3. The van der Waals surface area contributed by atoms with Gasteiger partial charge in [0.15, 0.2) is 5.78 Å². The van der Waals surface area contributed by atoms with Gasteiger partial charge in [-0.2, -0.15) is 0 Å². The first-order chi connectivity index (χ1) is 8.36. The zero-order valence-corrected chi connectivity index (χ0v) is 10.0. The van der Waals surface area contributed by atoms with Crippen molar-refractivity contribution >= 4 is 23.7 Å². The Hall–Kier alpha value is -1.92. The Balaban J connectivity index is 2.94. The summed E-state index contributed by atoms with van der Waals surface area (Å²) >= 11 is 0. The molecule has 0 radical (unpaired) electrons. The van der Waals surface area contributed by atoms with Gasteiger partial charge < -0.3 is 14.6 Å². The lowest BCUT2D eigenvalue weighted by Crippen LogP contribution is -2.32. The molecule has 0 amide bonds. The van der Waals surface area contributed by atoms with Crippen molar-refractivity contribution < 1.29 is 33.8 Å². The number of rotatable bonds is 4. The average Bonchev–Trinajstić information content (AvgIpc) is 2.52. The molecule has 0 bridgehead atoms. The van der Waals surface area contributed by atoms with Crippen molar-refractivity contribution in [3.8, 4) is 0 Å². The second-order valence-corrected chi connectivity index (χ2v) is 4.08. The second kappa shape index (κ2) is 5.61. The molecule has 18 heavy (non-hydrogen) atoms. The number of carboxylic acid groups (broad SMARTS) is 1. The highest BCUT2D eigenvalue weighted by atomic mass is 16.5. The van der Waals surface area contributed by atoms with Crippen LogP contribution in [-0.2, 0) is 28.7 Å². The Labute approximate surface area is 103 Å². The molecule has 0 aromatic carbocycles. The number of aliphatic carboxylic acids is 1. The van der Waals surface area contributed by atoms with Crippen LogP contribution in [-0.4, -0.2) is 42.0 Å². The standard InChI is InChI=1S/C11H14O7/c1-5(12)18-8-4-7(13)10(11(16)17-2)6(8)3-9(14)15/h6,8,10H,3-4H2,1-2H3,(H,14,15). The van der Waals surface area contributed by atoms with Crippen molar-refractivity contribution in [2.24, 2.45) is 11.8 Å². The van der Waals surface area contributed by atoms with Crippen molar-refractivity contribution in [2.75, 3.05) is 7.11 Å². The molecule has 7 nitrogen and oxygen atoms in total. The number of carboxylic acids is 1. The molecule has 0 aromatic rings. The first-order valence-electron chi connectivity index (χ1n) is 5.36. The molecule has 3 unspecified atom stereocenters. The van der Waals surface area contributed by atoms with Gasteiger partial charge in [0.1, 0.15) is 12.0 Å². The van der Waals surface area contributed by atoms with E-state index in [0.29, 0.717) is 0 Å². The van der Waals surface area contributed by atoms with Crippen LogP contribution in [0, 0.1) is 11.8 Å². The van der Waals surface area contributed by atoms with Gasteiger partial charge in [-0.1, -0.05) is 0 Å². The fourth-order valence-corrected chi connectivity index (χ4v) is 2.16. The molecule has 0 heterocycles. The zero-order valence-electron chi connectivity index (χ0n) is 10.0. The van der Waals surface area contributed by atoms with Gasteiger partial charge >= 0.3 is 17.9 Å². The minimum atomic E-state index is -1.17. The predicted molar refractivity (Wildman–Crippen MR) is 56.4 cm³/mol. The lowest BCUT2D eigenvalue weighted by molar-refractivity contribution is -0.156. The predicted octanol–water partition coefficient (Wildman–Crippen LogP) is -0.229. The van der Waals surface area contributed by atoms with Crippen molar-refractivity contribution in [3.05, 3.63) is 0 Å². The van der Waals surface area contributed by atoms with Crippen molar-refractivity contribution in [3.63, 3.8) is 0 Å². The van der Waals surface area contributed by atoms with E-state index in [1.165, 1.54) is 0 Å². The third-order valence-electron chi connectivity index (χ3n) is 2.84. The molecule has 1 aliphatic carbocycles. The van der Waals surface area contributed by atoms with E-state index in [9.17, 15) is 19.2 Å². The van der Waals surface area contributed by atoms with Gasteiger partial charge in [0, 0.05) is 19.3 Å². The lowest BCUT2D eigenvalue weighted by Gasteiger charge is -2.20. The Morgan fingerprint density at radius 3 is 2.44 bits per heavy atom. The van der Waals surface area contributed by atoms with Gasteiger partial charge in [-0.05, 0) is 0 Å². The van der Waals surface area contributed by atoms with Crippen LogP contribution in [0.5, 0.6) is 0 Å². The van der Waals surface area contributed by atoms with Crippen molar-refractivity contribution in [1.82, 2.24) is 0 Å². The minimum Gasteiger partial charge on any atom is -0.481 e. The van der Waals surface area contributed by atoms with Gasteiger partial charge in [-0.25, -0.2) is 0 Å². The summed E-state index contributed by atoms with van der Waals surface area (Å²) in [6, 6.07) is 0. The Morgan fingerprint density at radius 1 is 1.39 bits per heavy atom. The first kappa shape index (κ1) is 14.1. The number of ether oxygens (including phenoxy) is 2. The summed E-state index contributed by atoms with van der Waals surface area (Å²) in [6.07, 6.45) is -1.46. The highest BCUT2D eigenvalue weighted by Crippen LogP contribution is 2.35. The van der Waals surface area contributed by atoms with Gasteiger partial charge in [0.2, 0.25) is 0 Å². The summed E-state index contributed by atoms with van der Waals surface area (Å²) < 4.78 is 9.37. The molecule has 7 heteroatoms. The molecule has 0 saturated heterocycles. The third-order valence-corrected chi connectivity index (χ3v) is 2.84. The largest absolute Gasteiger partial charge is 0.481 e. The molecule has 1 fully saturated rings. The molecule has 1 aliphatic rings. The number of carbonyl (C=O) groups is 4. The van der Waals surface area contributed by atoms with Crippen molar-refractivity contribution in [2.45, 2.75) is 25.9 Å². The van der Waals surface area contributed by atoms with Gasteiger partial charge in [0.05, 0.1) is 13.5 Å². The number of Topliss-reactive ketones (excluding diaryl/α,β-unsaturated/α-hetero) is 1. The van der Waals surface area contributed by atoms with Crippen LogP contribution in [0.4, 0.5) is 0 Å². The quantitative estimate of drug-likeness (QED) is 0.548. The maximum atomic E-state index is 11.7. The van der Waals surface area contributed by atoms with Crippen molar-refractivity contribution in [1.29, 1.82) is 0 Å². The first-order valence-corrected chi connectivity index (χ1v) is 5.36. The molecule has 1 saturated carbocycles. The van der Waals surface area contributed by atoms with Crippen LogP contribution >= 0.6 is 0 Å². The average molecular weight is 258 g/mol. The third kappa shape index (κ3) is 3.06. The molecule has 3 atom stereocenters. The number of esters is 2. The molecule has 0 spiro atoms. The fraction of sp³-hybridized carbons (Fsp3) is 0.636. The SMILES string of the molecule is COC(=O)C1C(=O)CC(OC(C)=O)C1CC(=O)O. The monoisotopic (exact) mass is 258 g/mol. The summed E-state index contributed by atoms with van der Waals surface area (Å²) in [7, 11) is 1.12. The van der Waals surface area contributed by atoms with E-state index in [-0.39, 0.29) is 6.42 Å². The van der Waals surface area contributed by atoms with Gasteiger partial charge in [-0.15, -0.1) is 0 Å². The number of methoxy groups -OCH3 is 1. The Morgan fingerprint density at radius 2 is 2.00 bits per heavy atom. The van der Waals surface area contributed by atoms with Gasteiger partial charge in [0.25, 0.3) is 0 Å². The summed E-state index contributed by atoms with van der Waals surface area (Å²) in [5.41, 5.74) is 0. The smallest absolute Gasteiger partial charge is 0.316 e. The summed E-state index contributed by atoms with van der Waals surface area (Å²) in [5.74, 6) is -5.07. The van der Waals surface area contributed by atoms with E-state index in [4.69, 9.17) is 9.84 Å². The van der Waals surface area contributed by atoms with E-state index in [0.717, 1.165) is 14.0 Å². The van der Waals surface area contributed by atoms with E-state index in [2.05, 4.69) is 4.74 Å². The van der Waals surface area contributed by atoms with E-state index >= 15 is 0 Å². The van der Waals surface area contributed by atoms with E-state index < -0.39 is 48.1 Å². The molecule has 0 aromatic heterocycles. The number of hydrogen-bond acceptors (Lipinski definition) is 6. The molecular weight excluding hydrogens is 244 g/mol. The number of hydrogen-bond donors (Lipinski definition) is 1. The van der Waals surface area contributed by atoms with Gasteiger partial charge in [-0.3, -0.25) is 19.2 Å². The van der Waals surface area contributed by atoms with Crippen LogP contribution in [0.25, 0.3) is 0 Å². The Bertz CT molecular complexity index is 387. The van der Waals surface area contributed by atoms with Crippen LogP contribution in [0.2, 0.25) is 0 Å². The van der Waals surface area contributed by atoms with Crippen LogP contribution in [0.1, 0.15) is 19.8 Å². The minimum absolute atomic E-state index is 0.155. The lowest BCUT2D eigenvalue weighted by atomic mass is 9.91. The zero-order chi connectivity index (χ0) is 13.9. The normalized spacial score (nSPS) is 26.8. The topological polar surface area (TPSA) is 107 Å². The van der Waals surface area contributed by atoms with Crippen LogP contribution < -0.4 is 0 Å². The van der Waals surface area contributed by atoms with Crippen LogP contribution in [0.15, 0.2) is 0 Å². The maximum Gasteiger partial charge on any atom is 0.316 e. The second-order valence-electron chi connectivity index (χ2n) is 4.08. The summed E-state index contributed by atoms with van der Waals surface area (Å²) in [6.45, 7) is 1.16. The Kier molecular flexibility index (Phi) is 4.41. The molecule has 1 N–H and O–H groups in total. The van der Waals surface area contributed by atoms with E-state index in [1.807, 2.05) is 0 Å².